The smallest absolute Gasteiger partial charge is 0.330 e. The molecule has 7 nitrogen and oxygen atoms in total. The molecule has 2 aromatic rings. The second-order valence-electron chi connectivity index (χ2n) is 13.8. The van der Waals surface area contributed by atoms with Gasteiger partial charge >= 0.3 is 11.9 Å². The van der Waals surface area contributed by atoms with E-state index in [0.29, 0.717) is 13.2 Å². The molecule has 0 bridgehead atoms. The molecular weight excluding hydrogens is 652 g/mol. The molecule has 0 atom stereocenters. The van der Waals surface area contributed by atoms with E-state index in [2.05, 4.69) is 13.8 Å². The molecule has 52 heavy (non-hydrogen) atoms. The normalized spacial score (nSPS) is 11.5. The summed E-state index contributed by atoms with van der Waals surface area (Å²) in [6, 6.07) is 15.1. The number of rotatable bonds is 32. The lowest BCUT2D eigenvalue weighted by Crippen LogP contribution is -2.24. The Balaban J connectivity index is 1.50. The fourth-order valence-corrected chi connectivity index (χ4v) is 5.74. The maximum Gasteiger partial charge on any atom is 0.330 e. The van der Waals surface area contributed by atoms with Crippen molar-refractivity contribution >= 4 is 24.1 Å². The summed E-state index contributed by atoms with van der Waals surface area (Å²) in [5.41, 5.74) is 1.66. The number of carbonyl (C=O) groups excluding carboxylic acids is 2. The summed E-state index contributed by atoms with van der Waals surface area (Å²) < 4.78 is 21.9. The zero-order valence-electron chi connectivity index (χ0n) is 32.4. The monoisotopic (exact) mass is 720 g/mol. The number of benzene rings is 2. The molecule has 0 aromatic heterocycles. The molecule has 0 spiro atoms. The summed E-state index contributed by atoms with van der Waals surface area (Å²) in [5, 5.41) is 10.1. The van der Waals surface area contributed by atoms with Crippen LogP contribution >= 0.6 is 0 Å². The predicted molar refractivity (Wildman–Crippen MR) is 214 cm³/mol. The Morgan fingerprint density at radius 2 is 0.808 bits per heavy atom. The van der Waals surface area contributed by atoms with Crippen molar-refractivity contribution in [3.05, 3.63) is 71.8 Å². The van der Waals surface area contributed by atoms with Crippen LogP contribution in [0.4, 0.5) is 0 Å². The summed E-state index contributed by atoms with van der Waals surface area (Å²) in [6.45, 7) is 5.34. The van der Waals surface area contributed by atoms with E-state index in [-0.39, 0.29) is 13.2 Å². The molecule has 7 heteroatoms. The Labute approximate surface area is 315 Å². The molecule has 0 unspecified atom stereocenters. The van der Waals surface area contributed by atoms with Crippen LogP contribution in [0.3, 0.4) is 0 Å². The average molecular weight is 721 g/mol. The Hall–Kier alpha value is -3.58. The summed E-state index contributed by atoms with van der Waals surface area (Å²) in [7, 11) is 0. The van der Waals surface area contributed by atoms with Crippen LogP contribution in [0.25, 0.3) is 12.2 Å². The van der Waals surface area contributed by atoms with Gasteiger partial charge in [-0.05, 0) is 60.4 Å². The van der Waals surface area contributed by atoms with Gasteiger partial charge in [-0.25, -0.2) is 9.59 Å². The molecule has 0 saturated heterocycles. The third kappa shape index (κ3) is 24.6. The number of aliphatic hydroxyl groups excluding tert-OH is 1. The van der Waals surface area contributed by atoms with Gasteiger partial charge in [0.15, 0.2) is 0 Å². The molecule has 1 N–H and O–H groups in total. The van der Waals surface area contributed by atoms with Gasteiger partial charge < -0.3 is 24.1 Å². The lowest BCUT2D eigenvalue weighted by atomic mass is 10.1. The number of ether oxygens (including phenoxy) is 4. The Morgan fingerprint density at radius 3 is 1.13 bits per heavy atom. The first-order chi connectivity index (χ1) is 25.5. The predicted octanol–water partition coefficient (Wildman–Crippen LogP) is 11.5. The highest BCUT2D eigenvalue weighted by atomic mass is 16.6. The molecule has 0 aliphatic heterocycles. The van der Waals surface area contributed by atoms with E-state index in [9.17, 15) is 14.7 Å². The lowest BCUT2D eigenvalue weighted by molar-refractivity contribution is -0.146. The first-order valence-electron chi connectivity index (χ1n) is 20.3. The van der Waals surface area contributed by atoms with Crippen molar-refractivity contribution in [1.82, 2.24) is 0 Å². The summed E-state index contributed by atoms with van der Waals surface area (Å²) in [5.74, 6) is 0.423. The fraction of sp³-hybridized carbons (Fsp3) is 0.600. The second kappa shape index (κ2) is 31.0. The van der Waals surface area contributed by atoms with Gasteiger partial charge in [-0.2, -0.15) is 0 Å². The highest BCUT2D eigenvalue weighted by Gasteiger charge is 2.10. The summed E-state index contributed by atoms with van der Waals surface area (Å²) in [6.07, 6.45) is 30.6. The van der Waals surface area contributed by atoms with E-state index in [1.165, 1.54) is 128 Å². The topological polar surface area (TPSA) is 91.3 Å². The minimum atomic E-state index is -1.13. The minimum absolute atomic E-state index is 0.285. The minimum Gasteiger partial charge on any atom is -0.494 e. The molecule has 0 aliphatic rings. The van der Waals surface area contributed by atoms with Crippen LogP contribution in [0.5, 0.6) is 11.5 Å². The third-order valence-corrected chi connectivity index (χ3v) is 8.95. The van der Waals surface area contributed by atoms with Gasteiger partial charge in [0.1, 0.15) is 30.8 Å². The standard InChI is InChI=1S/C45H68O7/c1-3-5-7-9-11-13-15-17-19-21-35-49-42-29-23-39(24-30-42)27-33-44(47)51-37-41(46)38-52-45(48)34-28-40-25-31-43(32-26-40)50-36-22-20-18-16-14-12-10-8-6-4-2/h23-34,41,46H,3-22,35-38H2,1-2H3/b33-27+,34-28+. The van der Waals surface area contributed by atoms with Gasteiger partial charge in [-0.15, -0.1) is 0 Å². The van der Waals surface area contributed by atoms with E-state index in [1.807, 2.05) is 48.5 Å². The Kier molecular flexibility index (Phi) is 26.6. The molecule has 0 heterocycles. The third-order valence-electron chi connectivity index (χ3n) is 8.95. The van der Waals surface area contributed by atoms with Crippen molar-refractivity contribution in [1.29, 1.82) is 0 Å². The van der Waals surface area contributed by atoms with Crippen molar-refractivity contribution in [2.45, 2.75) is 148 Å². The van der Waals surface area contributed by atoms with Crippen molar-refractivity contribution in [2.24, 2.45) is 0 Å². The molecule has 2 rings (SSSR count). The van der Waals surface area contributed by atoms with Crippen molar-refractivity contribution in [2.75, 3.05) is 26.4 Å². The molecule has 2 aromatic carbocycles. The van der Waals surface area contributed by atoms with Gasteiger partial charge in [0, 0.05) is 12.2 Å². The van der Waals surface area contributed by atoms with Gasteiger partial charge in [-0.1, -0.05) is 154 Å². The van der Waals surface area contributed by atoms with Crippen molar-refractivity contribution in [3.8, 4) is 11.5 Å². The van der Waals surface area contributed by atoms with E-state index >= 15 is 0 Å². The average Bonchev–Trinajstić information content (AvgIpc) is 3.16. The summed E-state index contributed by atoms with van der Waals surface area (Å²) >= 11 is 0. The molecule has 0 saturated carbocycles. The molecular formula is C45H68O7. The van der Waals surface area contributed by atoms with Crippen LogP contribution in [0, 0.1) is 0 Å². The maximum atomic E-state index is 12.1. The van der Waals surface area contributed by atoms with Crippen LogP contribution < -0.4 is 9.47 Å². The fourth-order valence-electron chi connectivity index (χ4n) is 5.74. The van der Waals surface area contributed by atoms with Gasteiger partial charge in [0.05, 0.1) is 13.2 Å². The Bertz CT molecular complexity index is 1120. The number of hydrogen-bond donors (Lipinski definition) is 1. The van der Waals surface area contributed by atoms with E-state index < -0.39 is 18.0 Å². The van der Waals surface area contributed by atoms with Crippen LogP contribution in [-0.4, -0.2) is 49.6 Å². The second-order valence-corrected chi connectivity index (χ2v) is 13.8. The summed E-state index contributed by atoms with van der Waals surface area (Å²) in [4.78, 5) is 24.2. The van der Waals surface area contributed by atoms with E-state index in [1.54, 1.807) is 12.2 Å². The van der Waals surface area contributed by atoms with E-state index in [4.69, 9.17) is 18.9 Å². The first-order valence-corrected chi connectivity index (χ1v) is 20.3. The van der Waals surface area contributed by atoms with Crippen LogP contribution in [0.15, 0.2) is 60.7 Å². The van der Waals surface area contributed by atoms with Crippen LogP contribution in [0.2, 0.25) is 0 Å². The largest absolute Gasteiger partial charge is 0.494 e. The molecule has 0 radical (unpaired) electrons. The number of carbonyl (C=O) groups is 2. The van der Waals surface area contributed by atoms with Crippen LogP contribution in [-0.2, 0) is 19.1 Å². The molecule has 0 aliphatic carbocycles. The zero-order valence-corrected chi connectivity index (χ0v) is 32.4. The molecule has 0 amide bonds. The van der Waals surface area contributed by atoms with Crippen molar-refractivity contribution < 1.29 is 33.6 Å². The van der Waals surface area contributed by atoms with Crippen molar-refractivity contribution in [3.63, 3.8) is 0 Å². The quantitative estimate of drug-likeness (QED) is 0.0457. The first kappa shape index (κ1) is 44.6. The van der Waals surface area contributed by atoms with Gasteiger partial charge in [-0.3, -0.25) is 0 Å². The van der Waals surface area contributed by atoms with Gasteiger partial charge in [0.2, 0.25) is 0 Å². The molecule has 290 valence electrons. The number of aliphatic hydroxyl groups is 1. The molecule has 0 fully saturated rings. The zero-order chi connectivity index (χ0) is 37.3. The SMILES string of the molecule is CCCCCCCCCCCCOc1ccc(/C=C/C(=O)OCC(O)COC(=O)/C=C/c2ccc(OCCCCCCCCCCCC)cc2)cc1. The lowest BCUT2D eigenvalue weighted by Gasteiger charge is -2.10. The van der Waals surface area contributed by atoms with Gasteiger partial charge in [0.25, 0.3) is 0 Å². The van der Waals surface area contributed by atoms with Crippen LogP contribution in [0.1, 0.15) is 153 Å². The maximum absolute atomic E-state index is 12.1. The van der Waals surface area contributed by atoms with E-state index in [0.717, 1.165) is 35.5 Å². The highest BCUT2D eigenvalue weighted by Crippen LogP contribution is 2.17. The Morgan fingerprint density at radius 1 is 0.500 bits per heavy atom. The number of unbranched alkanes of at least 4 members (excludes halogenated alkanes) is 18. The number of hydrogen-bond acceptors (Lipinski definition) is 7. The highest BCUT2D eigenvalue weighted by molar-refractivity contribution is 5.87. The number of esters is 2.